The van der Waals surface area contributed by atoms with Crippen molar-refractivity contribution in [2.75, 3.05) is 5.32 Å². The average molecular weight is 332 g/mol. The molecule has 0 fully saturated rings. The van der Waals surface area contributed by atoms with Crippen molar-refractivity contribution >= 4 is 11.9 Å². The molecule has 2 heterocycles. The summed E-state index contributed by atoms with van der Waals surface area (Å²) in [6.07, 6.45) is 0.926. The molecule has 0 unspecified atom stereocenters. The van der Waals surface area contributed by atoms with Crippen LogP contribution in [0.1, 0.15) is 25.0 Å². The number of rotatable bonds is 3. The van der Waals surface area contributed by atoms with Gasteiger partial charge in [0.1, 0.15) is 0 Å². The Kier molecular flexibility index (Phi) is 3.64. The third kappa shape index (κ3) is 2.71. The van der Waals surface area contributed by atoms with E-state index in [1.807, 2.05) is 61.0 Å². The van der Waals surface area contributed by atoms with E-state index in [-0.39, 0.29) is 5.91 Å². The van der Waals surface area contributed by atoms with Crippen molar-refractivity contribution in [1.82, 2.24) is 14.8 Å². The van der Waals surface area contributed by atoms with Crippen molar-refractivity contribution in [2.24, 2.45) is 0 Å². The number of anilines is 1. The Labute approximate surface area is 146 Å². The van der Waals surface area contributed by atoms with E-state index >= 15 is 0 Å². The Balaban J connectivity index is 1.61. The molecule has 25 heavy (non-hydrogen) atoms. The standard InChI is InChI=1S/C20H20N4O/c1-20(2,15-9-4-3-5-10-15)18(25)22-19-21-17-16-11-7-6-8-14(16)12-13-24(17)23-19/h3-11H,12-13H2,1-2H3,(H,22,23,25). The maximum absolute atomic E-state index is 12.8. The Morgan fingerprint density at radius 2 is 1.80 bits per heavy atom. The van der Waals surface area contributed by atoms with E-state index in [9.17, 15) is 4.79 Å². The minimum atomic E-state index is -0.662. The summed E-state index contributed by atoms with van der Waals surface area (Å²) < 4.78 is 1.87. The van der Waals surface area contributed by atoms with Crippen molar-refractivity contribution in [1.29, 1.82) is 0 Å². The Hall–Kier alpha value is -2.95. The highest BCUT2D eigenvalue weighted by Gasteiger charge is 2.31. The molecule has 2 aromatic carbocycles. The molecular weight excluding hydrogens is 312 g/mol. The number of amides is 1. The van der Waals surface area contributed by atoms with Crippen LogP contribution in [0.3, 0.4) is 0 Å². The van der Waals surface area contributed by atoms with Gasteiger partial charge in [0.05, 0.1) is 5.41 Å². The third-order valence-electron chi connectivity index (χ3n) is 4.81. The molecule has 0 radical (unpaired) electrons. The number of carbonyl (C=O) groups is 1. The molecule has 0 saturated carbocycles. The van der Waals surface area contributed by atoms with Gasteiger partial charge in [-0.25, -0.2) is 4.68 Å². The van der Waals surface area contributed by atoms with E-state index in [1.54, 1.807) is 0 Å². The molecule has 0 saturated heterocycles. The van der Waals surface area contributed by atoms with Crippen LogP contribution in [0.25, 0.3) is 11.4 Å². The molecule has 0 atom stereocenters. The fraction of sp³-hybridized carbons (Fsp3) is 0.250. The van der Waals surface area contributed by atoms with E-state index < -0.39 is 5.41 Å². The van der Waals surface area contributed by atoms with Gasteiger partial charge in [0.15, 0.2) is 5.82 Å². The normalized spacial score (nSPS) is 13.0. The number of nitrogens with one attached hydrogen (secondary N) is 1. The number of carbonyl (C=O) groups excluding carboxylic acids is 1. The van der Waals surface area contributed by atoms with Gasteiger partial charge in [0.2, 0.25) is 11.9 Å². The predicted octanol–water partition coefficient (Wildman–Crippen LogP) is 3.42. The minimum Gasteiger partial charge on any atom is -0.292 e. The number of nitrogens with zero attached hydrogens (tertiary/aromatic N) is 3. The summed E-state index contributed by atoms with van der Waals surface area (Å²) in [6.45, 7) is 4.59. The molecule has 126 valence electrons. The van der Waals surface area contributed by atoms with Gasteiger partial charge in [0.25, 0.3) is 0 Å². The lowest BCUT2D eigenvalue weighted by Crippen LogP contribution is -2.35. The predicted molar refractivity (Wildman–Crippen MR) is 97.3 cm³/mol. The molecule has 0 bridgehead atoms. The molecule has 1 aliphatic rings. The van der Waals surface area contributed by atoms with Crippen molar-refractivity contribution in [3.05, 3.63) is 65.7 Å². The first-order valence-corrected chi connectivity index (χ1v) is 8.46. The van der Waals surface area contributed by atoms with Gasteiger partial charge in [-0.2, -0.15) is 4.98 Å². The van der Waals surface area contributed by atoms with Crippen molar-refractivity contribution in [2.45, 2.75) is 32.2 Å². The molecule has 5 nitrogen and oxygen atoms in total. The van der Waals surface area contributed by atoms with Crippen molar-refractivity contribution < 1.29 is 4.79 Å². The Morgan fingerprint density at radius 1 is 1.08 bits per heavy atom. The molecule has 3 aromatic rings. The lowest BCUT2D eigenvalue weighted by atomic mass is 9.84. The summed E-state index contributed by atoms with van der Waals surface area (Å²) in [4.78, 5) is 17.4. The van der Waals surface area contributed by atoms with Crippen LogP contribution in [0.4, 0.5) is 5.95 Å². The number of benzene rings is 2. The van der Waals surface area contributed by atoms with E-state index in [4.69, 9.17) is 0 Å². The van der Waals surface area contributed by atoms with Crippen LogP contribution in [0.15, 0.2) is 54.6 Å². The lowest BCUT2D eigenvalue weighted by Gasteiger charge is -2.23. The first kappa shape index (κ1) is 15.6. The first-order valence-electron chi connectivity index (χ1n) is 8.46. The van der Waals surface area contributed by atoms with Crippen LogP contribution in [-0.4, -0.2) is 20.7 Å². The summed E-state index contributed by atoms with van der Waals surface area (Å²) in [5, 5.41) is 7.36. The Bertz CT molecular complexity index is 928. The molecule has 1 amide bonds. The second-order valence-corrected chi connectivity index (χ2v) is 6.83. The van der Waals surface area contributed by atoms with Gasteiger partial charge in [-0.3, -0.25) is 10.1 Å². The SMILES string of the molecule is CC(C)(C(=O)Nc1nc2n(n1)CCc1ccccc1-2)c1ccccc1. The topological polar surface area (TPSA) is 59.8 Å². The van der Waals surface area contributed by atoms with Crippen molar-refractivity contribution in [3.63, 3.8) is 0 Å². The fourth-order valence-electron chi connectivity index (χ4n) is 3.18. The van der Waals surface area contributed by atoms with Gasteiger partial charge in [-0.1, -0.05) is 54.6 Å². The number of fused-ring (bicyclic) bond motifs is 3. The monoisotopic (exact) mass is 332 g/mol. The van der Waals surface area contributed by atoms with Crippen LogP contribution in [0.5, 0.6) is 0 Å². The molecule has 5 heteroatoms. The number of aromatic nitrogens is 3. The summed E-state index contributed by atoms with van der Waals surface area (Å²) in [6, 6.07) is 17.9. The maximum Gasteiger partial charge on any atom is 0.249 e. The number of aryl methyl sites for hydroxylation is 2. The van der Waals surface area contributed by atoms with E-state index in [0.717, 1.165) is 29.9 Å². The van der Waals surface area contributed by atoms with Gasteiger partial charge < -0.3 is 0 Å². The van der Waals surface area contributed by atoms with E-state index in [0.29, 0.717) is 5.95 Å². The summed E-state index contributed by atoms with van der Waals surface area (Å²) in [7, 11) is 0. The smallest absolute Gasteiger partial charge is 0.249 e. The third-order valence-corrected chi connectivity index (χ3v) is 4.81. The zero-order valence-corrected chi connectivity index (χ0v) is 14.4. The second kappa shape index (κ2) is 5.84. The van der Waals surface area contributed by atoms with E-state index in [1.165, 1.54) is 5.56 Å². The maximum atomic E-state index is 12.8. The Morgan fingerprint density at radius 3 is 2.60 bits per heavy atom. The summed E-state index contributed by atoms with van der Waals surface area (Å²) in [5.74, 6) is 1.06. The van der Waals surface area contributed by atoms with Gasteiger partial charge in [-0.05, 0) is 31.4 Å². The van der Waals surface area contributed by atoms with Crippen LogP contribution < -0.4 is 5.32 Å². The quantitative estimate of drug-likeness (QED) is 0.799. The zero-order chi connectivity index (χ0) is 17.4. The second-order valence-electron chi connectivity index (χ2n) is 6.83. The molecule has 0 aliphatic carbocycles. The molecule has 1 aromatic heterocycles. The highest BCUT2D eigenvalue weighted by molar-refractivity contribution is 5.97. The van der Waals surface area contributed by atoms with E-state index in [2.05, 4.69) is 27.5 Å². The first-order chi connectivity index (χ1) is 12.1. The highest BCUT2D eigenvalue weighted by atomic mass is 16.2. The largest absolute Gasteiger partial charge is 0.292 e. The molecule has 0 spiro atoms. The zero-order valence-electron chi connectivity index (χ0n) is 14.4. The molecule has 1 N–H and O–H groups in total. The van der Waals surface area contributed by atoms with Gasteiger partial charge in [0, 0.05) is 12.1 Å². The van der Waals surface area contributed by atoms with Crippen LogP contribution in [-0.2, 0) is 23.2 Å². The number of hydrogen-bond acceptors (Lipinski definition) is 3. The summed E-state index contributed by atoms with van der Waals surface area (Å²) >= 11 is 0. The molecule has 4 rings (SSSR count). The van der Waals surface area contributed by atoms with Crippen LogP contribution in [0.2, 0.25) is 0 Å². The minimum absolute atomic E-state index is 0.116. The average Bonchev–Trinajstić information content (AvgIpc) is 3.05. The molecule has 1 aliphatic heterocycles. The fourth-order valence-corrected chi connectivity index (χ4v) is 3.18. The van der Waals surface area contributed by atoms with Crippen LogP contribution in [0, 0.1) is 0 Å². The lowest BCUT2D eigenvalue weighted by molar-refractivity contribution is -0.120. The summed E-state index contributed by atoms with van der Waals surface area (Å²) in [5.41, 5.74) is 2.65. The van der Waals surface area contributed by atoms with Gasteiger partial charge >= 0.3 is 0 Å². The highest BCUT2D eigenvalue weighted by Crippen LogP contribution is 2.29. The van der Waals surface area contributed by atoms with Crippen molar-refractivity contribution in [3.8, 4) is 11.4 Å². The molecular formula is C20H20N4O. The van der Waals surface area contributed by atoms with Crippen LogP contribution >= 0.6 is 0 Å². The van der Waals surface area contributed by atoms with Gasteiger partial charge in [-0.15, -0.1) is 5.10 Å². The number of hydrogen-bond donors (Lipinski definition) is 1.